The molecule has 0 saturated carbocycles. The summed E-state index contributed by atoms with van der Waals surface area (Å²) < 4.78 is 0. The summed E-state index contributed by atoms with van der Waals surface area (Å²) in [6.07, 6.45) is 22.8. The number of rotatable bonds is 23. The molecule has 0 unspecified atom stereocenters. The zero-order chi connectivity index (χ0) is 26.4. The number of hydrogen-bond acceptors (Lipinski definition) is 2. The van der Waals surface area contributed by atoms with Crippen LogP contribution in [0.2, 0.25) is 0 Å². The molecule has 0 bridgehead atoms. The predicted octanol–water partition coefficient (Wildman–Crippen LogP) is 10.1. The van der Waals surface area contributed by atoms with E-state index in [1.165, 1.54) is 107 Å². The second kappa shape index (κ2) is 21.3. The summed E-state index contributed by atoms with van der Waals surface area (Å²) in [4.78, 5) is 2.43. The number of benzene rings is 2. The fraction of sp³-hybridized carbons (Fsp3) is 0.657. The minimum atomic E-state index is -0.279. The molecule has 0 fully saturated rings. The van der Waals surface area contributed by atoms with Crippen LogP contribution in [0.3, 0.4) is 0 Å². The maximum atomic E-state index is 11.0. The van der Waals surface area contributed by atoms with Crippen LogP contribution in [0, 0.1) is 0 Å². The van der Waals surface area contributed by atoms with Crippen molar-refractivity contribution in [2.75, 3.05) is 0 Å². The van der Waals surface area contributed by atoms with Gasteiger partial charge in [-0.15, -0.1) is 0 Å². The fourth-order valence-electron chi connectivity index (χ4n) is 5.37. The lowest BCUT2D eigenvalue weighted by Crippen LogP contribution is -2.40. The SMILES string of the molecule is CCCCCCCCCCCCCCCCCC[C@@H](O)[C@H](C)N(Cc1ccccc1)Cc1ccccc1. The van der Waals surface area contributed by atoms with E-state index in [4.69, 9.17) is 0 Å². The first-order valence-corrected chi connectivity index (χ1v) is 15.7. The van der Waals surface area contributed by atoms with Crippen LogP contribution in [0.25, 0.3) is 0 Å². The summed E-state index contributed by atoms with van der Waals surface area (Å²) in [5, 5.41) is 11.0. The Morgan fingerprint density at radius 3 is 1.27 bits per heavy atom. The molecule has 208 valence electrons. The van der Waals surface area contributed by atoms with Crippen molar-refractivity contribution >= 4 is 0 Å². The lowest BCUT2D eigenvalue weighted by molar-refractivity contribution is 0.0421. The second-order valence-electron chi connectivity index (χ2n) is 11.3. The Morgan fingerprint density at radius 2 is 0.892 bits per heavy atom. The van der Waals surface area contributed by atoms with Crippen molar-refractivity contribution < 1.29 is 5.11 Å². The molecule has 0 spiro atoms. The highest BCUT2D eigenvalue weighted by Crippen LogP contribution is 2.19. The normalized spacial score (nSPS) is 13.2. The van der Waals surface area contributed by atoms with Crippen molar-refractivity contribution in [1.82, 2.24) is 4.90 Å². The Labute approximate surface area is 229 Å². The third-order valence-corrected chi connectivity index (χ3v) is 7.94. The smallest absolute Gasteiger partial charge is 0.0693 e. The minimum Gasteiger partial charge on any atom is -0.392 e. The molecule has 2 aromatic rings. The number of aliphatic hydroxyl groups excluding tert-OH is 1. The molecule has 37 heavy (non-hydrogen) atoms. The van der Waals surface area contributed by atoms with Crippen LogP contribution in [-0.4, -0.2) is 22.2 Å². The molecule has 2 atom stereocenters. The molecule has 1 N–H and O–H groups in total. The van der Waals surface area contributed by atoms with Gasteiger partial charge in [-0.1, -0.05) is 170 Å². The van der Waals surface area contributed by atoms with Crippen LogP contribution in [0.5, 0.6) is 0 Å². The van der Waals surface area contributed by atoms with Gasteiger partial charge in [0.1, 0.15) is 0 Å². The van der Waals surface area contributed by atoms with Gasteiger partial charge in [-0.05, 0) is 24.5 Å². The molecule has 0 aliphatic rings. The van der Waals surface area contributed by atoms with Crippen molar-refractivity contribution in [3.8, 4) is 0 Å². The van der Waals surface area contributed by atoms with Gasteiger partial charge in [-0.25, -0.2) is 0 Å². The highest BCUT2D eigenvalue weighted by molar-refractivity contribution is 5.17. The van der Waals surface area contributed by atoms with Crippen molar-refractivity contribution in [2.24, 2.45) is 0 Å². The second-order valence-corrected chi connectivity index (χ2v) is 11.3. The van der Waals surface area contributed by atoms with Gasteiger partial charge >= 0.3 is 0 Å². The highest BCUT2D eigenvalue weighted by atomic mass is 16.3. The van der Waals surface area contributed by atoms with Crippen molar-refractivity contribution in [2.45, 2.75) is 148 Å². The standard InChI is InChI=1S/C35H57NO/c1-3-4-5-6-7-8-9-10-11-12-13-14-15-16-17-24-29-35(37)32(2)36(30-33-25-20-18-21-26-33)31-34-27-22-19-23-28-34/h18-23,25-28,32,35,37H,3-17,24,29-31H2,1-2H3/t32-,35+/m0/s1. The molecule has 2 rings (SSSR count). The minimum absolute atomic E-state index is 0.136. The van der Waals surface area contributed by atoms with Gasteiger partial charge in [-0.3, -0.25) is 4.90 Å². The van der Waals surface area contributed by atoms with Crippen LogP contribution in [-0.2, 0) is 13.1 Å². The summed E-state index contributed by atoms with van der Waals surface area (Å²) in [7, 11) is 0. The zero-order valence-corrected chi connectivity index (χ0v) is 24.3. The zero-order valence-electron chi connectivity index (χ0n) is 24.3. The molecule has 2 aromatic carbocycles. The van der Waals surface area contributed by atoms with E-state index in [0.29, 0.717) is 0 Å². The summed E-state index contributed by atoms with van der Waals surface area (Å²) in [6.45, 7) is 6.23. The summed E-state index contributed by atoms with van der Waals surface area (Å²) >= 11 is 0. The molecule has 0 aliphatic carbocycles. The van der Waals surface area contributed by atoms with Crippen LogP contribution < -0.4 is 0 Å². The first kappa shape index (κ1) is 31.6. The summed E-state index contributed by atoms with van der Waals surface area (Å²) in [6, 6.07) is 21.4. The maximum absolute atomic E-state index is 11.0. The van der Waals surface area contributed by atoms with Crippen LogP contribution >= 0.6 is 0 Å². The average molecular weight is 508 g/mol. The van der Waals surface area contributed by atoms with Gasteiger partial charge in [0, 0.05) is 19.1 Å². The molecule has 0 saturated heterocycles. The molecule has 2 heteroatoms. The number of hydrogen-bond donors (Lipinski definition) is 1. The molecule has 0 aromatic heterocycles. The van der Waals surface area contributed by atoms with E-state index in [9.17, 15) is 5.11 Å². The molecular formula is C35H57NO. The van der Waals surface area contributed by atoms with Gasteiger partial charge in [0.2, 0.25) is 0 Å². The van der Waals surface area contributed by atoms with Crippen molar-refractivity contribution in [1.29, 1.82) is 0 Å². The first-order valence-electron chi connectivity index (χ1n) is 15.7. The lowest BCUT2D eigenvalue weighted by atomic mass is 10.0. The molecule has 0 radical (unpaired) electrons. The van der Waals surface area contributed by atoms with Gasteiger partial charge in [-0.2, -0.15) is 0 Å². The molecule has 0 heterocycles. The van der Waals surface area contributed by atoms with E-state index >= 15 is 0 Å². The van der Waals surface area contributed by atoms with E-state index in [-0.39, 0.29) is 12.1 Å². The van der Waals surface area contributed by atoms with Gasteiger partial charge < -0.3 is 5.11 Å². The van der Waals surface area contributed by atoms with E-state index in [0.717, 1.165) is 25.9 Å². The average Bonchev–Trinajstić information content (AvgIpc) is 2.93. The Kier molecular flexibility index (Phi) is 18.2. The Morgan fingerprint density at radius 1 is 0.541 bits per heavy atom. The fourth-order valence-corrected chi connectivity index (χ4v) is 5.37. The first-order chi connectivity index (χ1) is 18.2. The maximum Gasteiger partial charge on any atom is 0.0693 e. The van der Waals surface area contributed by atoms with Gasteiger partial charge in [0.05, 0.1) is 6.10 Å². The largest absolute Gasteiger partial charge is 0.392 e. The van der Waals surface area contributed by atoms with E-state index in [1.807, 2.05) is 0 Å². The Balaban J connectivity index is 1.54. The topological polar surface area (TPSA) is 23.5 Å². The molecule has 0 aliphatic heterocycles. The van der Waals surface area contributed by atoms with Gasteiger partial charge in [0.15, 0.2) is 0 Å². The van der Waals surface area contributed by atoms with E-state index in [2.05, 4.69) is 79.4 Å². The Hall–Kier alpha value is -1.64. The Bertz CT molecular complexity index is 705. The summed E-state index contributed by atoms with van der Waals surface area (Å²) in [5.41, 5.74) is 2.61. The highest BCUT2D eigenvalue weighted by Gasteiger charge is 2.22. The number of nitrogens with zero attached hydrogens (tertiary/aromatic N) is 1. The molecule has 0 amide bonds. The monoisotopic (exact) mass is 507 g/mol. The van der Waals surface area contributed by atoms with Crippen LogP contribution in [0.4, 0.5) is 0 Å². The predicted molar refractivity (Wildman–Crippen MR) is 162 cm³/mol. The molecular weight excluding hydrogens is 450 g/mol. The van der Waals surface area contributed by atoms with Gasteiger partial charge in [0.25, 0.3) is 0 Å². The van der Waals surface area contributed by atoms with Crippen LogP contribution in [0.1, 0.15) is 134 Å². The quantitative estimate of drug-likeness (QED) is 0.151. The number of unbranched alkanes of at least 4 members (excludes halogenated alkanes) is 15. The third kappa shape index (κ3) is 15.4. The van der Waals surface area contributed by atoms with E-state index < -0.39 is 0 Å². The van der Waals surface area contributed by atoms with Crippen LogP contribution in [0.15, 0.2) is 60.7 Å². The number of aliphatic hydroxyl groups is 1. The lowest BCUT2D eigenvalue weighted by Gasteiger charge is -2.32. The third-order valence-electron chi connectivity index (χ3n) is 7.94. The van der Waals surface area contributed by atoms with E-state index in [1.54, 1.807) is 0 Å². The van der Waals surface area contributed by atoms with Crippen molar-refractivity contribution in [3.05, 3.63) is 71.8 Å². The summed E-state index contributed by atoms with van der Waals surface area (Å²) in [5.74, 6) is 0. The van der Waals surface area contributed by atoms with Crippen molar-refractivity contribution in [3.63, 3.8) is 0 Å². The molecule has 2 nitrogen and oxygen atoms in total.